The summed E-state index contributed by atoms with van der Waals surface area (Å²) in [6.07, 6.45) is 5.61. The standard InChI is InChI=1S/C18H24N6O/c25-13-15-4-3-7-24(15)18-12-17(20-14-21-18)23-10-8-22(9-11-23)16-5-1-2-6-19-16/h1-2,5-6,12,14-15,25H,3-4,7-11,13H2/t15-/m1/s1. The molecular formula is C18H24N6O. The highest BCUT2D eigenvalue weighted by molar-refractivity contribution is 5.52. The van der Waals surface area contributed by atoms with Gasteiger partial charge in [0.05, 0.1) is 12.6 Å². The van der Waals surface area contributed by atoms with E-state index < -0.39 is 0 Å². The molecule has 0 unspecified atom stereocenters. The second-order valence-electron chi connectivity index (χ2n) is 6.57. The Balaban J connectivity index is 1.44. The summed E-state index contributed by atoms with van der Waals surface area (Å²) in [4.78, 5) is 20.2. The van der Waals surface area contributed by atoms with Gasteiger partial charge in [0.15, 0.2) is 0 Å². The third kappa shape index (κ3) is 3.37. The van der Waals surface area contributed by atoms with Crippen LogP contribution in [0.15, 0.2) is 36.8 Å². The van der Waals surface area contributed by atoms with Crippen molar-refractivity contribution < 1.29 is 5.11 Å². The zero-order valence-corrected chi connectivity index (χ0v) is 14.3. The first-order valence-electron chi connectivity index (χ1n) is 8.95. The molecule has 4 heterocycles. The van der Waals surface area contributed by atoms with Gasteiger partial charge in [-0.05, 0) is 25.0 Å². The van der Waals surface area contributed by atoms with Gasteiger partial charge in [0.2, 0.25) is 0 Å². The maximum atomic E-state index is 9.55. The lowest BCUT2D eigenvalue weighted by Crippen LogP contribution is -2.47. The zero-order valence-electron chi connectivity index (χ0n) is 14.3. The second-order valence-corrected chi connectivity index (χ2v) is 6.57. The summed E-state index contributed by atoms with van der Waals surface area (Å²) in [6, 6.07) is 8.27. The number of pyridine rings is 1. The van der Waals surface area contributed by atoms with Crippen molar-refractivity contribution in [3.8, 4) is 0 Å². The number of anilines is 3. The van der Waals surface area contributed by atoms with Gasteiger partial charge in [-0.1, -0.05) is 6.07 Å². The van der Waals surface area contributed by atoms with Crippen LogP contribution in [-0.2, 0) is 0 Å². The summed E-state index contributed by atoms with van der Waals surface area (Å²) in [5.41, 5.74) is 0. The maximum absolute atomic E-state index is 9.55. The quantitative estimate of drug-likeness (QED) is 0.896. The lowest BCUT2D eigenvalue weighted by atomic mass is 10.2. The van der Waals surface area contributed by atoms with Gasteiger partial charge in [-0.3, -0.25) is 0 Å². The molecule has 0 aliphatic carbocycles. The van der Waals surface area contributed by atoms with Crippen LogP contribution in [-0.4, -0.2) is 65.4 Å². The fourth-order valence-electron chi connectivity index (χ4n) is 3.70. The third-order valence-electron chi connectivity index (χ3n) is 5.10. The summed E-state index contributed by atoms with van der Waals surface area (Å²) in [6.45, 7) is 4.82. The first-order valence-corrected chi connectivity index (χ1v) is 8.95. The molecule has 2 fully saturated rings. The monoisotopic (exact) mass is 340 g/mol. The van der Waals surface area contributed by atoms with E-state index in [-0.39, 0.29) is 12.6 Å². The molecule has 2 saturated heterocycles. The van der Waals surface area contributed by atoms with Crippen molar-refractivity contribution in [2.24, 2.45) is 0 Å². The van der Waals surface area contributed by atoms with E-state index in [1.807, 2.05) is 18.3 Å². The molecule has 0 radical (unpaired) electrons. The van der Waals surface area contributed by atoms with Gasteiger partial charge < -0.3 is 19.8 Å². The number of nitrogens with zero attached hydrogens (tertiary/aromatic N) is 6. The van der Waals surface area contributed by atoms with Crippen LogP contribution in [0.3, 0.4) is 0 Å². The van der Waals surface area contributed by atoms with Gasteiger partial charge >= 0.3 is 0 Å². The highest BCUT2D eigenvalue weighted by atomic mass is 16.3. The van der Waals surface area contributed by atoms with Gasteiger partial charge in [-0.25, -0.2) is 15.0 Å². The van der Waals surface area contributed by atoms with Crippen LogP contribution in [0.2, 0.25) is 0 Å². The minimum absolute atomic E-state index is 0.183. The molecule has 2 aliphatic heterocycles. The van der Waals surface area contributed by atoms with Crippen LogP contribution in [0.1, 0.15) is 12.8 Å². The average molecular weight is 340 g/mol. The molecule has 2 aliphatic rings. The Bertz CT molecular complexity index is 689. The molecule has 2 aromatic heterocycles. The average Bonchev–Trinajstić information content (AvgIpc) is 3.18. The molecule has 0 amide bonds. The summed E-state index contributed by atoms with van der Waals surface area (Å²) >= 11 is 0. The first-order chi connectivity index (χ1) is 12.3. The third-order valence-corrected chi connectivity index (χ3v) is 5.10. The number of aliphatic hydroxyl groups is 1. The minimum Gasteiger partial charge on any atom is -0.394 e. The van der Waals surface area contributed by atoms with Gasteiger partial charge in [-0.2, -0.15) is 0 Å². The van der Waals surface area contributed by atoms with Gasteiger partial charge in [-0.15, -0.1) is 0 Å². The molecule has 7 heteroatoms. The summed E-state index contributed by atoms with van der Waals surface area (Å²) in [5, 5.41) is 9.55. The lowest BCUT2D eigenvalue weighted by molar-refractivity contribution is 0.266. The predicted octanol–water partition coefficient (Wildman–Crippen LogP) is 1.16. The van der Waals surface area contributed by atoms with Crippen molar-refractivity contribution in [3.63, 3.8) is 0 Å². The summed E-state index contributed by atoms with van der Waals surface area (Å²) in [7, 11) is 0. The Kier molecular flexibility index (Phi) is 4.65. The van der Waals surface area contributed by atoms with Crippen molar-refractivity contribution in [2.75, 3.05) is 54.0 Å². The molecule has 0 aromatic carbocycles. The van der Waals surface area contributed by atoms with Crippen LogP contribution < -0.4 is 14.7 Å². The van der Waals surface area contributed by atoms with Crippen molar-refractivity contribution in [1.82, 2.24) is 15.0 Å². The smallest absolute Gasteiger partial charge is 0.134 e. The van der Waals surface area contributed by atoms with E-state index in [1.165, 1.54) is 0 Å². The van der Waals surface area contributed by atoms with Crippen LogP contribution in [0.25, 0.3) is 0 Å². The van der Waals surface area contributed by atoms with Crippen LogP contribution in [0.5, 0.6) is 0 Å². The van der Waals surface area contributed by atoms with E-state index in [1.54, 1.807) is 6.33 Å². The zero-order chi connectivity index (χ0) is 17.1. The number of rotatable bonds is 4. The largest absolute Gasteiger partial charge is 0.394 e. The van der Waals surface area contributed by atoms with Crippen molar-refractivity contribution in [3.05, 3.63) is 36.8 Å². The molecule has 1 N–H and O–H groups in total. The lowest BCUT2D eigenvalue weighted by Gasteiger charge is -2.36. The molecule has 25 heavy (non-hydrogen) atoms. The number of hydrogen-bond acceptors (Lipinski definition) is 7. The fraction of sp³-hybridized carbons (Fsp3) is 0.500. The van der Waals surface area contributed by atoms with E-state index in [4.69, 9.17) is 0 Å². The van der Waals surface area contributed by atoms with Crippen molar-refractivity contribution in [2.45, 2.75) is 18.9 Å². The molecular weight excluding hydrogens is 316 g/mol. The number of hydrogen-bond donors (Lipinski definition) is 1. The predicted molar refractivity (Wildman–Crippen MR) is 98.1 cm³/mol. The van der Waals surface area contributed by atoms with E-state index in [2.05, 4.69) is 41.8 Å². The summed E-state index contributed by atoms with van der Waals surface area (Å²) < 4.78 is 0. The fourth-order valence-corrected chi connectivity index (χ4v) is 3.70. The topological polar surface area (TPSA) is 68.6 Å². The van der Waals surface area contributed by atoms with E-state index in [9.17, 15) is 5.11 Å². The normalized spacial score (nSPS) is 21.0. The number of aliphatic hydroxyl groups excluding tert-OH is 1. The van der Waals surface area contributed by atoms with Crippen LogP contribution in [0.4, 0.5) is 17.5 Å². The van der Waals surface area contributed by atoms with E-state index in [0.29, 0.717) is 0 Å². The Labute approximate surface area is 147 Å². The van der Waals surface area contributed by atoms with Crippen LogP contribution >= 0.6 is 0 Å². The molecule has 0 bridgehead atoms. The Morgan fingerprint density at radius 2 is 1.68 bits per heavy atom. The highest BCUT2D eigenvalue weighted by Crippen LogP contribution is 2.26. The van der Waals surface area contributed by atoms with Gasteiger partial charge in [0.25, 0.3) is 0 Å². The second kappa shape index (κ2) is 7.23. The Morgan fingerprint density at radius 3 is 2.40 bits per heavy atom. The van der Waals surface area contributed by atoms with Crippen LogP contribution in [0, 0.1) is 0 Å². The molecule has 0 spiro atoms. The molecule has 1 atom stereocenters. The molecule has 0 saturated carbocycles. The molecule has 4 rings (SSSR count). The number of aromatic nitrogens is 3. The van der Waals surface area contributed by atoms with Gasteiger partial charge in [0.1, 0.15) is 23.8 Å². The van der Waals surface area contributed by atoms with E-state index in [0.717, 1.165) is 63.0 Å². The molecule has 7 nitrogen and oxygen atoms in total. The minimum atomic E-state index is 0.183. The summed E-state index contributed by atoms with van der Waals surface area (Å²) in [5.74, 6) is 2.93. The van der Waals surface area contributed by atoms with E-state index >= 15 is 0 Å². The Hall–Kier alpha value is -2.41. The number of piperazine rings is 1. The maximum Gasteiger partial charge on any atom is 0.134 e. The van der Waals surface area contributed by atoms with Crippen molar-refractivity contribution >= 4 is 17.5 Å². The van der Waals surface area contributed by atoms with Gasteiger partial charge in [0, 0.05) is 45.0 Å². The van der Waals surface area contributed by atoms with Crippen molar-refractivity contribution in [1.29, 1.82) is 0 Å². The Morgan fingerprint density at radius 1 is 0.920 bits per heavy atom. The highest BCUT2D eigenvalue weighted by Gasteiger charge is 2.26. The first kappa shape index (κ1) is 16.1. The molecule has 2 aromatic rings. The molecule has 132 valence electrons. The SMILES string of the molecule is OC[C@H]1CCCN1c1cc(N2CCN(c3ccccn3)CC2)ncn1.